The molecule has 1 fully saturated rings. The number of hydrogen-bond acceptors (Lipinski definition) is 4. The third kappa shape index (κ3) is 3.01. The monoisotopic (exact) mass is 222 g/mol. The molecule has 0 aliphatic carbocycles. The topological polar surface area (TPSA) is 45.6 Å². The molecule has 2 heterocycles. The normalized spacial score (nSPS) is 22.2. The number of rotatable bonds is 3. The number of hydrogen-bond donors (Lipinski definition) is 1. The molecule has 1 unspecified atom stereocenters. The molecular formula is C12H18N2O2. The van der Waals surface area contributed by atoms with Crippen LogP contribution in [0.4, 0.5) is 0 Å². The van der Waals surface area contributed by atoms with E-state index in [0.29, 0.717) is 6.61 Å². The zero-order chi connectivity index (χ0) is 11.4. The van der Waals surface area contributed by atoms with E-state index in [2.05, 4.69) is 9.88 Å². The maximum Gasteiger partial charge on any atom is 0.0933 e. The molecular weight excluding hydrogens is 204 g/mol. The molecule has 1 aliphatic rings. The van der Waals surface area contributed by atoms with Crippen LogP contribution in [0.15, 0.2) is 18.2 Å². The molecule has 1 N–H and O–H groups in total. The van der Waals surface area contributed by atoms with E-state index in [9.17, 15) is 0 Å². The molecule has 0 radical (unpaired) electrons. The number of aliphatic hydroxyl groups excluding tert-OH is 1. The SMILES string of the molecule is Cc1cccc(CN2CCOC(CO)C2)n1. The third-order valence-corrected chi connectivity index (χ3v) is 2.76. The van der Waals surface area contributed by atoms with Crippen molar-refractivity contribution < 1.29 is 9.84 Å². The minimum Gasteiger partial charge on any atom is -0.394 e. The van der Waals surface area contributed by atoms with E-state index in [-0.39, 0.29) is 12.7 Å². The van der Waals surface area contributed by atoms with Gasteiger partial charge in [-0.05, 0) is 19.1 Å². The Morgan fingerprint density at radius 1 is 1.56 bits per heavy atom. The molecule has 2 rings (SSSR count). The number of morpholine rings is 1. The first-order chi connectivity index (χ1) is 7.78. The first-order valence-corrected chi connectivity index (χ1v) is 5.65. The van der Waals surface area contributed by atoms with Crippen LogP contribution in [-0.4, -0.2) is 47.4 Å². The largest absolute Gasteiger partial charge is 0.394 e. The third-order valence-electron chi connectivity index (χ3n) is 2.76. The van der Waals surface area contributed by atoms with Gasteiger partial charge in [0.25, 0.3) is 0 Å². The van der Waals surface area contributed by atoms with Crippen molar-refractivity contribution in [3.05, 3.63) is 29.6 Å². The molecule has 0 saturated carbocycles. The highest BCUT2D eigenvalue weighted by Crippen LogP contribution is 2.09. The summed E-state index contributed by atoms with van der Waals surface area (Å²) >= 11 is 0. The summed E-state index contributed by atoms with van der Waals surface area (Å²) < 4.78 is 5.41. The van der Waals surface area contributed by atoms with Crippen molar-refractivity contribution in [3.63, 3.8) is 0 Å². The minimum atomic E-state index is -0.0430. The highest BCUT2D eigenvalue weighted by molar-refractivity contribution is 5.09. The number of nitrogens with zero attached hydrogens (tertiary/aromatic N) is 2. The summed E-state index contributed by atoms with van der Waals surface area (Å²) in [6.07, 6.45) is -0.0430. The van der Waals surface area contributed by atoms with Crippen LogP contribution in [0.1, 0.15) is 11.4 Å². The summed E-state index contributed by atoms with van der Waals surface area (Å²) in [6.45, 7) is 5.31. The van der Waals surface area contributed by atoms with Crippen LogP contribution in [0.25, 0.3) is 0 Å². The van der Waals surface area contributed by atoms with Crippen LogP contribution in [0.2, 0.25) is 0 Å². The maximum absolute atomic E-state index is 9.05. The second kappa shape index (κ2) is 5.39. The van der Waals surface area contributed by atoms with E-state index >= 15 is 0 Å². The van der Waals surface area contributed by atoms with Crippen LogP contribution < -0.4 is 0 Å². The maximum atomic E-state index is 9.05. The zero-order valence-corrected chi connectivity index (χ0v) is 9.59. The van der Waals surface area contributed by atoms with E-state index in [1.807, 2.05) is 25.1 Å². The first kappa shape index (κ1) is 11.5. The first-order valence-electron chi connectivity index (χ1n) is 5.65. The van der Waals surface area contributed by atoms with Crippen molar-refractivity contribution in [2.75, 3.05) is 26.3 Å². The van der Waals surface area contributed by atoms with Gasteiger partial charge >= 0.3 is 0 Å². The van der Waals surface area contributed by atoms with E-state index < -0.39 is 0 Å². The lowest BCUT2D eigenvalue weighted by molar-refractivity contribution is -0.0553. The minimum absolute atomic E-state index is 0.0430. The number of aryl methyl sites for hydroxylation is 1. The van der Waals surface area contributed by atoms with E-state index in [4.69, 9.17) is 9.84 Å². The van der Waals surface area contributed by atoms with Gasteiger partial charge in [-0.3, -0.25) is 9.88 Å². The summed E-state index contributed by atoms with van der Waals surface area (Å²) in [7, 11) is 0. The van der Waals surface area contributed by atoms with Gasteiger partial charge in [0.05, 0.1) is 25.0 Å². The summed E-state index contributed by atoms with van der Waals surface area (Å²) in [5.41, 5.74) is 2.13. The van der Waals surface area contributed by atoms with Gasteiger partial charge in [0.1, 0.15) is 0 Å². The Morgan fingerprint density at radius 3 is 3.19 bits per heavy atom. The molecule has 0 aromatic carbocycles. The fourth-order valence-electron chi connectivity index (χ4n) is 1.95. The zero-order valence-electron chi connectivity index (χ0n) is 9.59. The van der Waals surface area contributed by atoms with Gasteiger partial charge in [-0.1, -0.05) is 6.07 Å². The van der Waals surface area contributed by atoms with Gasteiger partial charge in [0.15, 0.2) is 0 Å². The van der Waals surface area contributed by atoms with Crippen molar-refractivity contribution in [3.8, 4) is 0 Å². The molecule has 1 saturated heterocycles. The second-order valence-electron chi connectivity index (χ2n) is 4.18. The Bertz CT molecular complexity index is 344. The predicted molar refractivity (Wildman–Crippen MR) is 61.1 cm³/mol. The van der Waals surface area contributed by atoms with Gasteiger partial charge in [-0.15, -0.1) is 0 Å². The van der Waals surface area contributed by atoms with Crippen molar-refractivity contribution in [1.82, 2.24) is 9.88 Å². The van der Waals surface area contributed by atoms with Crippen LogP contribution in [0.5, 0.6) is 0 Å². The summed E-state index contributed by atoms with van der Waals surface area (Å²) in [5, 5.41) is 9.05. The highest BCUT2D eigenvalue weighted by Gasteiger charge is 2.19. The van der Waals surface area contributed by atoms with Crippen LogP contribution in [0.3, 0.4) is 0 Å². The second-order valence-corrected chi connectivity index (χ2v) is 4.18. The Balaban J connectivity index is 1.94. The number of ether oxygens (including phenoxy) is 1. The standard InChI is InChI=1S/C12H18N2O2/c1-10-3-2-4-11(13-10)7-14-5-6-16-12(8-14)9-15/h2-4,12,15H,5-9H2,1H3. The van der Waals surface area contributed by atoms with E-state index in [0.717, 1.165) is 31.0 Å². The quantitative estimate of drug-likeness (QED) is 0.812. The number of aromatic nitrogens is 1. The van der Waals surface area contributed by atoms with Crippen molar-refractivity contribution in [2.45, 2.75) is 19.6 Å². The molecule has 16 heavy (non-hydrogen) atoms. The molecule has 88 valence electrons. The molecule has 1 aromatic heterocycles. The Hall–Kier alpha value is -0.970. The van der Waals surface area contributed by atoms with Crippen LogP contribution in [-0.2, 0) is 11.3 Å². The molecule has 0 amide bonds. The van der Waals surface area contributed by atoms with Gasteiger partial charge in [-0.25, -0.2) is 0 Å². The lowest BCUT2D eigenvalue weighted by Crippen LogP contribution is -2.43. The average molecular weight is 222 g/mol. The Morgan fingerprint density at radius 2 is 2.44 bits per heavy atom. The molecule has 0 spiro atoms. The Labute approximate surface area is 95.9 Å². The van der Waals surface area contributed by atoms with Gasteiger partial charge < -0.3 is 9.84 Å². The predicted octanol–water partition coefficient (Wildman–Crippen LogP) is 0.583. The number of aliphatic hydroxyl groups is 1. The molecule has 0 bridgehead atoms. The molecule has 4 heteroatoms. The van der Waals surface area contributed by atoms with Gasteiger partial charge in [0.2, 0.25) is 0 Å². The summed E-state index contributed by atoms with van der Waals surface area (Å²) in [6, 6.07) is 6.07. The van der Waals surface area contributed by atoms with Crippen LogP contribution >= 0.6 is 0 Å². The molecule has 1 aliphatic heterocycles. The molecule has 1 aromatic rings. The number of pyridine rings is 1. The van der Waals surface area contributed by atoms with Gasteiger partial charge in [0, 0.05) is 25.3 Å². The molecule has 1 atom stereocenters. The van der Waals surface area contributed by atoms with E-state index in [1.165, 1.54) is 0 Å². The fraction of sp³-hybridized carbons (Fsp3) is 0.583. The summed E-state index contributed by atoms with van der Waals surface area (Å²) in [4.78, 5) is 6.74. The van der Waals surface area contributed by atoms with Crippen LogP contribution in [0, 0.1) is 6.92 Å². The highest BCUT2D eigenvalue weighted by atomic mass is 16.5. The van der Waals surface area contributed by atoms with E-state index in [1.54, 1.807) is 0 Å². The fourth-order valence-corrected chi connectivity index (χ4v) is 1.95. The molecule has 4 nitrogen and oxygen atoms in total. The smallest absolute Gasteiger partial charge is 0.0933 e. The van der Waals surface area contributed by atoms with Gasteiger partial charge in [-0.2, -0.15) is 0 Å². The van der Waals surface area contributed by atoms with Crippen molar-refractivity contribution in [1.29, 1.82) is 0 Å². The van der Waals surface area contributed by atoms with Crippen molar-refractivity contribution in [2.24, 2.45) is 0 Å². The van der Waals surface area contributed by atoms with Crippen molar-refractivity contribution >= 4 is 0 Å². The lowest BCUT2D eigenvalue weighted by atomic mass is 10.2. The average Bonchev–Trinajstić information content (AvgIpc) is 2.29. The summed E-state index contributed by atoms with van der Waals surface area (Å²) in [5.74, 6) is 0. The lowest BCUT2D eigenvalue weighted by Gasteiger charge is -2.31. The Kier molecular flexibility index (Phi) is 3.88.